The second-order valence-electron chi connectivity index (χ2n) is 4.75. The van der Waals surface area contributed by atoms with E-state index in [4.69, 9.17) is 0 Å². The highest BCUT2D eigenvalue weighted by atomic mass is 16.2. The molecule has 0 aliphatic heterocycles. The van der Waals surface area contributed by atoms with E-state index < -0.39 is 0 Å². The van der Waals surface area contributed by atoms with Crippen molar-refractivity contribution in [2.75, 3.05) is 10.6 Å². The van der Waals surface area contributed by atoms with Gasteiger partial charge in [0.2, 0.25) is 5.91 Å². The molecule has 0 radical (unpaired) electrons. The summed E-state index contributed by atoms with van der Waals surface area (Å²) in [4.78, 5) is 23.4. The number of carbonyl (C=O) groups excluding carboxylic acids is 2. The second kappa shape index (κ2) is 6.70. The lowest BCUT2D eigenvalue weighted by atomic mass is 10.1. The zero-order valence-electron chi connectivity index (χ0n) is 12.1. The summed E-state index contributed by atoms with van der Waals surface area (Å²) >= 11 is 0. The molecule has 0 aliphatic carbocycles. The Labute approximate surface area is 124 Å². The van der Waals surface area contributed by atoms with Crippen LogP contribution in [0.3, 0.4) is 0 Å². The summed E-state index contributed by atoms with van der Waals surface area (Å²) in [6, 6.07) is 14.5. The number of amides is 2. The zero-order chi connectivity index (χ0) is 15.2. The highest BCUT2D eigenvalue weighted by Crippen LogP contribution is 2.16. The predicted molar refractivity (Wildman–Crippen MR) is 84.5 cm³/mol. The molecule has 0 unspecified atom stereocenters. The van der Waals surface area contributed by atoms with Gasteiger partial charge in [-0.2, -0.15) is 0 Å². The Morgan fingerprint density at radius 3 is 2.05 bits per heavy atom. The van der Waals surface area contributed by atoms with Crippen molar-refractivity contribution in [2.24, 2.45) is 0 Å². The van der Waals surface area contributed by atoms with E-state index in [0.29, 0.717) is 17.7 Å². The molecule has 0 atom stereocenters. The zero-order valence-corrected chi connectivity index (χ0v) is 12.1. The standard InChI is InChI=1S/C17H18N2O2/c1-3-16(20)18-13-8-10-14(11-9-13)19-17(21)15-7-5-4-6-12(15)2/h4-11H,3H2,1-2H3,(H,18,20)(H,19,21). The monoisotopic (exact) mass is 282 g/mol. The first-order valence-corrected chi connectivity index (χ1v) is 6.87. The van der Waals surface area contributed by atoms with Crippen LogP contribution >= 0.6 is 0 Å². The maximum atomic E-state index is 12.2. The molecule has 2 N–H and O–H groups in total. The van der Waals surface area contributed by atoms with E-state index >= 15 is 0 Å². The van der Waals surface area contributed by atoms with Crippen molar-refractivity contribution in [2.45, 2.75) is 20.3 Å². The van der Waals surface area contributed by atoms with Gasteiger partial charge in [-0.25, -0.2) is 0 Å². The number of hydrogen-bond donors (Lipinski definition) is 2. The third-order valence-electron chi connectivity index (χ3n) is 3.14. The van der Waals surface area contributed by atoms with E-state index in [1.54, 1.807) is 37.3 Å². The summed E-state index contributed by atoms with van der Waals surface area (Å²) in [5.74, 6) is -0.176. The Bertz CT molecular complexity index is 648. The molecule has 4 heteroatoms. The highest BCUT2D eigenvalue weighted by molar-refractivity contribution is 6.05. The molecule has 108 valence electrons. The number of carbonyl (C=O) groups is 2. The number of hydrogen-bond acceptors (Lipinski definition) is 2. The van der Waals surface area contributed by atoms with Crippen molar-refractivity contribution in [1.82, 2.24) is 0 Å². The van der Waals surface area contributed by atoms with E-state index in [0.717, 1.165) is 11.3 Å². The largest absolute Gasteiger partial charge is 0.326 e. The lowest BCUT2D eigenvalue weighted by molar-refractivity contribution is -0.115. The second-order valence-corrected chi connectivity index (χ2v) is 4.75. The molecule has 0 spiro atoms. The highest BCUT2D eigenvalue weighted by Gasteiger charge is 2.08. The first-order valence-electron chi connectivity index (χ1n) is 6.87. The van der Waals surface area contributed by atoms with Gasteiger partial charge in [0, 0.05) is 23.4 Å². The summed E-state index contributed by atoms with van der Waals surface area (Å²) in [6.45, 7) is 3.70. The fourth-order valence-electron chi connectivity index (χ4n) is 1.91. The van der Waals surface area contributed by atoms with E-state index in [-0.39, 0.29) is 11.8 Å². The quantitative estimate of drug-likeness (QED) is 0.900. The molecule has 0 aromatic heterocycles. The minimum absolute atomic E-state index is 0.0355. The number of rotatable bonds is 4. The first kappa shape index (κ1) is 14.8. The normalized spacial score (nSPS) is 10.0. The molecular weight excluding hydrogens is 264 g/mol. The van der Waals surface area contributed by atoms with E-state index in [9.17, 15) is 9.59 Å². The molecule has 2 aromatic rings. The van der Waals surface area contributed by atoms with Gasteiger partial charge in [0.15, 0.2) is 0 Å². The van der Waals surface area contributed by atoms with Gasteiger partial charge in [-0.15, -0.1) is 0 Å². The van der Waals surface area contributed by atoms with Crippen molar-refractivity contribution in [3.63, 3.8) is 0 Å². The molecule has 0 saturated carbocycles. The van der Waals surface area contributed by atoms with Crippen LogP contribution < -0.4 is 10.6 Å². The van der Waals surface area contributed by atoms with Gasteiger partial charge in [0.1, 0.15) is 0 Å². The van der Waals surface area contributed by atoms with Crippen LogP contribution in [-0.2, 0) is 4.79 Å². The van der Waals surface area contributed by atoms with Crippen LogP contribution in [0.15, 0.2) is 48.5 Å². The van der Waals surface area contributed by atoms with Gasteiger partial charge in [-0.3, -0.25) is 9.59 Å². The van der Waals surface area contributed by atoms with E-state index in [2.05, 4.69) is 10.6 Å². The minimum Gasteiger partial charge on any atom is -0.326 e. The fourth-order valence-corrected chi connectivity index (χ4v) is 1.91. The summed E-state index contributed by atoms with van der Waals surface area (Å²) in [6.07, 6.45) is 0.436. The summed E-state index contributed by atoms with van der Waals surface area (Å²) in [5, 5.41) is 5.60. The first-order chi connectivity index (χ1) is 10.1. The van der Waals surface area contributed by atoms with Crippen LogP contribution in [0.4, 0.5) is 11.4 Å². The molecule has 2 aromatic carbocycles. The lowest BCUT2D eigenvalue weighted by Gasteiger charge is -2.09. The van der Waals surface area contributed by atoms with Crippen LogP contribution in [-0.4, -0.2) is 11.8 Å². The average Bonchev–Trinajstić information content (AvgIpc) is 2.49. The van der Waals surface area contributed by atoms with Crippen LogP contribution in [0, 0.1) is 6.92 Å². The SMILES string of the molecule is CCC(=O)Nc1ccc(NC(=O)c2ccccc2C)cc1. The van der Waals surface area contributed by atoms with Gasteiger partial charge >= 0.3 is 0 Å². The lowest BCUT2D eigenvalue weighted by Crippen LogP contribution is -2.13. The van der Waals surface area contributed by atoms with E-state index in [1.165, 1.54) is 0 Å². The summed E-state index contributed by atoms with van der Waals surface area (Å²) < 4.78 is 0. The van der Waals surface area contributed by atoms with Crippen molar-refractivity contribution in [3.05, 3.63) is 59.7 Å². The topological polar surface area (TPSA) is 58.2 Å². The van der Waals surface area contributed by atoms with E-state index in [1.807, 2.05) is 25.1 Å². The Kier molecular flexibility index (Phi) is 4.72. The molecule has 2 rings (SSSR count). The third-order valence-corrected chi connectivity index (χ3v) is 3.14. The molecule has 4 nitrogen and oxygen atoms in total. The molecule has 0 saturated heterocycles. The van der Waals surface area contributed by atoms with Crippen LogP contribution in [0.25, 0.3) is 0 Å². The Hall–Kier alpha value is -2.62. The van der Waals surface area contributed by atoms with Crippen molar-refractivity contribution in [3.8, 4) is 0 Å². The van der Waals surface area contributed by atoms with Gasteiger partial charge in [-0.1, -0.05) is 25.1 Å². The van der Waals surface area contributed by atoms with Gasteiger partial charge in [0.05, 0.1) is 0 Å². The Balaban J connectivity index is 2.05. The van der Waals surface area contributed by atoms with Crippen molar-refractivity contribution < 1.29 is 9.59 Å². The summed E-state index contributed by atoms with van der Waals surface area (Å²) in [5.41, 5.74) is 3.00. The maximum Gasteiger partial charge on any atom is 0.255 e. The Morgan fingerprint density at radius 1 is 0.905 bits per heavy atom. The minimum atomic E-state index is -0.140. The van der Waals surface area contributed by atoms with Crippen LogP contribution in [0.2, 0.25) is 0 Å². The van der Waals surface area contributed by atoms with Crippen molar-refractivity contribution >= 4 is 23.2 Å². The van der Waals surface area contributed by atoms with Crippen molar-refractivity contribution in [1.29, 1.82) is 0 Å². The number of anilines is 2. The molecule has 0 fully saturated rings. The number of nitrogens with one attached hydrogen (secondary N) is 2. The number of aryl methyl sites for hydroxylation is 1. The molecule has 21 heavy (non-hydrogen) atoms. The Morgan fingerprint density at radius 2 is 1.48 bits per heavy atom. The smallest absolute Gasteiger partial charge is 0.255 e. The molecule has 0 bridgehead atoms. The summed E-state index contributed by atoms with van der Waals surface area (Å²) in [7, 11) is 0. The number of benzene rings is 2. The van der Waals surface area contributed by atoms with Crippen LogP contribution in [0.5, 0.6) is 0 Å². The molecule has 2 amide bonds. The van der Waals surface area contributed by atoms with Gasteiger partial charge in [0.25, 0.3) is 5.91 Å². The maximum absolute atomic E-state index is 12.2. The average molecular weight is 282 g/mol. The molecule has 0 heterocycles. The van der Waals surface area contributed by atoms with Crippen LogP contribution in [0.1, 0.15) is 29.3 Å². The van der Waals surface area contributed by atoms with Gasteiger partial charge < -0.3 is 10.6 Å². The molecule has 0 aliphatic rings. The van der Waals surface area contributed by atoms with Gasteiger partial charge in [-0.05, 0) is 42.8 Å². The predicted octanol–water partition coefficient (Wildman–Crippen LogP) is 3.60. The fraction of sp³-hybridized carbons (Fsp3) is 0.176. The third kappa shape index (κ3) is 3.92. The molecular formula is C17H18N2O2.